The van der Waals surface area contributed by atoms with E-state index in [9.17, 15) is 4.79 Å². The molecule has 0 aliphatic heterocycles. The lowest BCUT2D eigenvalue weighted by molar-refractivity contribution is 0.0697. The van der Waals surface area contributed by atoms with E-state index in [0.717, 1.165) is 16.8 Å². The quantitative estimate of drug-likeness (QED) is 0.499. The van der Waals surface area contributed by atoms with E-state index < -0.39 is 5.97 Å². The molecule has 2 aromatic heterocycles. The van der Waals surface area contributed by atoms with Crippen LogP contribution in [0.25, 0.3) is 17.0 Å². The van der Waals surface area contributed by atoms with Gasteiger partial charge in [0.25, 0.3) is 0 Å². The topological polar surface area (TPSA) is 95.8 Å². The zero-order valence-electron chi connectivity index (χ0n) is 13.5. The number of anilines is 1. The maximum atomic E-state index is 11.0. The molecule has 0 spiro atoms. The van der Waals surface area contributed by atoms with Crippen molar-refractivity contribution in [1.29, 1.82) is 0 Å². The average molecular weight is 368 g/mol. The molecule has 7 nitrogen and oxygen atoms in total. The summed E-state index contributed by atoms with van der Waals surface area (Å²) in [6.07, 6.45) is 2.67. The van der Waals surface area contributed by atoms with Gasteiger partial charge in [0.2, 0.25) is 5.95 Å². The Hall–Kier alpha value is -3.32. The molecule has 0 saturated heterocycles. The van der Waals surface area contributed by atoms with Crippen LogP contribution in [0.5, 0.6) is 0 Å². The van der Waals surface area contributed by atoms with Crippen LogP contribution < -0.4 is 5.32 Å². The zero-order valence-corrected chi connectivity index (χ0v) is 14.2. The lowest BCUT2D eigenvalue weighted by Crippen LogP contribution is -1.99. The Morgan fingerprint density at radius 1 is 1.27 bits per heavy atom. The number of hydrogen-bond donors (Lipinski definition) is 3. The van der Waals surface area contributed by atoms with Crippen molar-refractivity contribution in [2.24, 2.45) is 0 Å². The summed E-state index contributed by atoms with van der Waals surface area (Å²) < 4.78 is 1.38. The minimum atomic E-state index is -1.04. The summed E-state index contributed by atoms with van der Waals surface area (Å²) in [6.45, 7) is 0.643. The van der Waals surface area contributed by atoms with Crippen molar-refractivity contribution < 1.29 is 9.90 Å². The van der Waals surface area contributed by atoms with Gasteiger partial charge < -0.3 is 15.4 Å². The van der Waals surface area contributed by atoms with Gasteiger partial charge in [-0.25, -0.2) is 14.5 Å². The minimum absolute atomic E-state index is 0.0914. The smallest absolute Gasteiger partial charge is 0.338 e. The molecule has 2 aromatic carbocycles. The number of nitrogens with zero attached hydrogens (tertiary/aromatic N) is 3. The molecule has 2 heterocycles. The van der Waals surface area contributed by atoms with Crippen molar-refractivity contribution in [2.45, 2.75) is 6.54 Å². The van der Waals surface area contributed by atoms with E-state index in [1.165, 1.54) is 17.1 Å². The summed E-state index contributed by atoms with van der Waals surface area (Å²) in [5.74, 6) is -0.619. The number of carbonyl (C=O) groups is 1. The number of aromatic carboxylic acids is 1. The molecule has 4 aromatic rings. The summed E-state index contributed by atoms with van der Waals surface area (Å²) in [6, 6.07) is 13.6. The Labute approximate surface area is 153 Å². The minimum Gasteiger partial charge on any atom is -0.478 e. The Balaban J connectivity index is 1.62. The molecule has 0 aliphatic rings. The number of H-pyrrole nitrogens is 1. The maximum Gasteiger partial charge on any atom is 0.338 e. The summed E-state index contributed by atoms with van der Waals surface area (Å²) in [5.41, 5.74) is 3.44. The molecule has 0 amide bonds. The first-order valence-electron chi connectivity index (χ1n) is 7.85. The summed E-state index contributed by atoms with van der Waals surface area (Å²) in [7, 11) is 0. The monoisotopic (exact) mass is 367 g/mol. The van der Waals surface area contributed by atoms with Crippen LogP contribution in [0, 0.1) is 0 Å². The number of rotatable bonds is 5. The maximum absolute atomic E-state index is 11.0. The predicted molar refractivity (Wildman–Crippen MR) is 99.0 cm³/mol. The van der Waals surface area contributed by atoms with Crippen LogP contribution >= 0.6 is 11.6 Å². The fraction of sp³-hybridized carbons (Fsp3) is 0.0556. The third-order valence-electron chi connectivity index (χ3n) is 3.93. The van der Waals surface area contributed by atoms with Gasteiger partial charge in [0.1, 0.15) is 0 Å². The summed E-state index contributed by atoms with van der Waals surface area (Å²) in [4.78, 5) is 18.5. The molecule has 0 bridgehead atoms. The van der Waals surface area contributed by atoms with Crippen LogP contribution in [-0.4, -0.2) is 30.8 Å². The largest absolute Gasteiger partial charge is 0.478 e. The van der Waals surface area contributed by atoms with Crippen LogP contribution in [0.2, 0.25) is 5.02 Å². The van der Waals surface area contributed by atoms with Gasteiger partial charge in [-0.1, -0.05) is 41.9 Å². The van der Waals surface area contributed by atoms with Gasteiger partial charge >= 0.3 is 5.97 Å². The first-order valence-corrected chi connectivity index (χ1v) is 8.23. The number of aromatic nitrogens is 4. The average Bonchev–Trinajstić information content (AvgIpc) is 3.27. The Morgan fingerprint density at radius 3 is 2.81 bits per heavy atom. The second kappa shape index (κ2) is 6.53. The van der Waals surface area contributed by atoms with Gasteiger partial charge in [0, 0.05) is 12.7 Å². The lowest BCUT2D eigenvalue weighted by atomic mass is 10.2. The lowest BCUT2D eigenvalue weighted by Gasteiger charge is -2.08. The van der Waals surface area contributed by atoms with Crippen molar-refractivity contribution in [1.82, 2.24) is 19.7 Å². The van der Waals surface area contributed by atoms with E-state index in [1.54, 1.807) is 6.07 Å². The SMILES string of the molecule is O=C(O)c1cnn(-c2nc3cc(NCc4ccccc4)c(Cl)cc3[nH]2)c1. The van der Waals surface area contributed by atoms with Crippen molar-refractivity contribution in [2.75, 3.05) is 5.32 Å². The van der Waals surface area contributed by atoms with Crippen molar-refractivity contribution >= 4 is 34.3 Å². The highest BCUT2D eigenvalue weighted by Crippen LogP contribution is 2.28. The molecule has 0 saturated carbocycles. The van der Waals surface area contributed by atoms with E-state index in [4.69, 9.17) is 16.7 Å². The van der Waals surface area contributed by atoms with Crippen molar-refractivity contribution in [3.8, 4) is 5.95 Å². The van der Waals surface area contributed by atoms with Gasteiger partial charge in [-0.2, -0.15) is 5.10 Å². The number of fused-ring (bicyclic) bond motifs is 1. The molecule has 4 rings (SSSR count). The standard InChI is InChI=1S/C18H14ClN5O2/c19-13-6-15-16(7-14(13)20-8-11-4-2-1-3-5-11)23-18(22-15)24-10-12(9-21-24)17(25)26/h1-7,9-10,20H,8H2,(H,22,23)(H,25,26). The molecule has 0 fully saturated rings. The fourth-order valence-electron chi connectivity index (χ4n) is 2.60. The molecule has 0 aliphatic carbocycles. The van der Waals surface area contributed by atoms with Crippen molar-refractivity contribution in [3.05, 3.63) is 71.0 Å². The van der Waals surface area contributed by atoms with Gasteiger partial charge in [-0.15, -0.1) is 0 Å². The second-order valence-electron chi connectivity index (χ2n) is 5.73. The highest BCUT2D eigenvalue weighted by molar-refractivity contribution is 6.34. The van der Waals surface area contributed by atoms with E-state index in [2.05, 4.69) is 20.4 Å². The molecule has 0 unspecified atom stereocenters. The van der Waals surface area contributed by atoms with Crippen LogP contribution in [0.3, 0.4) is 0 Å². The van der Waals surface area contributed by atoms with Crippen LogP contribution in [-0.2, 0) is 6.54 Å². The van der Waals surface area contributed by atoms with Crippen molar-refractivity contribution in [3.63, 3.8) is 0 Å². The van der Waals surface area contributed by atoms with Gasteiger partial charge in [0.05, 0.1) is 33.5 Å². The van der Waals surface area contributed by atoms with E-state index in [1.807, 2.05) is 36.4 Å². The first-order chi connectivity index (χ1) is 12.6. The normalized spacial score (nSPS) is 11.0. The van der Waals surface area contributed by atoms with Crippen LogP contribution in [0.4, 0.5) is 5.69 Å². The molecule has 0 atom stereocenters. The number of carboxylic acids is 1. The highest BCUT2D eigenvalue weighted by atomic mass is 35.5. The molecule has 3 N–H and O–H groups in total. The number of carboxylic acid groups (broad SMARTS) is 1. The molecular weight excluding hydrogens is 354 g/mol. The molecule has 26 heavy (non-hydrogen) atoms. The van der Waals surface area contributed by atoms with Gasteiger partial charge in [-0.3, -0.25) is 0 Å². The molecule has 130 valence electrons. The number of hydrogen-bond acceptors (Lipinski definition) is 4. The van der Waals surface area contributed by atoms with E-state index >= 15 is 0 Å². The van der Waals surface area contributed by atoms with Gasteiger partial charge in [0.15, 0.2) is 0 Å². The number of benzene rings is 2. The molecule has 8 heteroatoms. The number of halogens is 1. The van der Waals surface area contributed by atoms with Gasteiger partial charge in [-0.05, 0) is 17.7 Å². The van der Waals surface area contributed by atoms with E-state index in [0.29, 0.717) is 23.0 Å². The first kappa shape index (κ1) is 16.2. The highest BCUT2D eigenvalue weighted by Gasteiger charge is 2.12. The fourth-order valence-corrected chi connectivity index (χ4v) is 2.83. The molecular formula is C18H14ClN5O2. The van der Waals surface area contributed by atoms with Crippen LogP contribution in [0.1, 0.15) is 15.9 Å². The number of nitrogens with one attached hydrogen (secondary N) is 2. The Kier molecular flexibility index (Phi) is 4.06. The Morgan fingerprint density at radius 2 is 2.08 bits per heavy atom. The predicted octanol–water partition coefficient (Wildman–Crippen LogP) is 3.71. The Bertz CT molecular complexity index is 1090. The molecule has 0 radical (unpaired) electrons. The van der Waals surface area contributed by atoms with E-state index in [-0.39, 0.29) is 5.56 Å². The zero-order chi connectivity index (χ0) is 18.1. The number of imidazole rings is 1. The summed E-state index contributed by atoms with van der Waals surface area (Å²) in [5, 5.41) is 16.9. The third-order valence-corrected chi connectivity index (χ3v) is 4.24. The second-order valence-corrected chi connectivity index (χ2v) is 6.13. The number of aromatic amines is 1. The third kappa shape index (κ3) is 3.12. The summed E-state index contributed by atoms with van der Waals surface area (Å²) >= 11 is 6.36. The van der Waals surface area contributed by atoms with Crippen LogP contribution in [0.15, 0.2) is 54.9 Å².